The van der Waals surface area contributed by atoms with Crippen molar-refractivity contribution in [2.24, 2.45) is 0 Å². The molecular formula is C25H36FN5O4. The summed E-state index contributed by atoms with van der Waals surface area (Å²) in [6.45, 7) is 11.3. The Bertz CT molecular complexity index is 938. The van der Waals surface area contributed by atoms with Crippen molar-refractivity contribution in [1.29, 1.82) is 0 Å². The molecule has 1 aromatic carbocycles. The zero-order valence-corrected chi connectivity index (χ0v) is 20.6. The van der Waals surface area contributed by atoms with E-state index in [0.717, 1.165) is 31.9 Å². The number of rotatable bonds is 9. The number of β-amino-alcohol motifs (C(OH)–C–C–N with tert-alkyl or cyclic N) is 1. The van der Waals surface area contributed by atoms with Crippen molar-refractivity contribution in [1.82, 2.24) is 19.7 Å². The Balaban J connectivity index is 1.20. The maximum Gasteiger partial charge on any atom is 0.275 e. The van der Waals surface area contributed by atoms with Crippen molar-refractivity contribution in [3.8, 4) is 0 Å². The van der Waals surface area contributed by atoms with Gasteiger partial charge in [-0.2, -0.15) is 0 Å². The van der Waals surface area contributed by atoms with Crippen LogP contribution >= 0.6 is 0 Å². The molecule has 2 fully saturated rings. The molecule has 3 heterocycles. The van der Waals surface area contributed by atoms with Crippen molar-refractivity contribution < 1.29 is 23.4 Å². The zero-order valence-electron chi connectivity index (χ0n) is 20.6. The summed E-state index contributed by atoms with van der Waals surface area (Å²) in [5.74, 6) is 0.163. The molecule has 192 valence electrons. The highest BCUT2D eigenvalue weighted by atomic mass is 19.1. The van der Waals surface area contributed by atoms with Crippen LogP contribution in [0.25, 0.3) is 0 Å². The fourth-order valence-corrected chi connectivity index (χ4v) is 4.44. The van der Waals surface area contributed by atoms with Crippen LogP contribution in [-0.4, -0.2) is 108 Å². The highest BCUT2D eigenvalue weighted by Gasteiger charge is 2.26. The van der Waals surface area contributed by atoms with Gasteiger partial charge in [-0.1, -0.05) is 0 Å². The maximum absolute atomic E-state index is 13.2. The number of nitrogens with zero attached hydrogens (tertiary/aromatic N) is 5. The van der Waals surface area contributed by atoms with E-state index < -0.39 is 6.10 Å². The fourth-order valence-electron chi connectivity index (χ4n) is 4.44. The predicted molar refractivity (Wildman–Crippen MR) is 130 cm³/mol. The predicted octanol–water partition coefficient (Wildman–Crippen LogP) is 1.68. The minimum absolute atomic E-state index is 0.116. The Morgan fingerprint density at radius 3 is 2.37 bits per heavy atom. The molecular weight excluding hydrogens is 453 g/mol. The Labute approximate surface area is 206 Å². The Morgan fingerprint density at radius 1 is 1.06 bits per heavy atom. The molecule has 2 saturated heterocycles. The van der Waals surface area contributed by atoms with Crippen LogP contribution in [0, 0.1) is 5.82 Å². The summed E-state index contributed by atoms with van der Waals surface area (Å²) >= 11 is 0. The van der Waals surface area contributed by atoms with Crippen molar-refractivity contribution in [3.05, 3.63) is 47.9 Å². The topological polar surface area (TPSA) is 85.5 Å². The second kappa shape index (κ2) is 11.9. The molecule has 0 aliphatic carbocycles. The molecule has 2 aliphatic rings. The quantitative estimate of drug-likeness (QED) is 0.570. The highest BCUT2D eigenvalue weighted by molar-refractivity contribution is 5.92. The van der Waals surface area contributed by atoms with E-state index in [1.807, 2.05) is 13.8 Å². The lowest BCUT2D eigenvalue weighted by molar-refractivity contribution is -0.0151. The van der Waals surface area contributed by atoms with Crippen LogP contribution in [0.5, 0.6) is 0 Å². The summed E-state index contributed by atoms with van der Waals surface area (Å²) in [5.41, 5.74) is 1.29. The Kier molecular flexibility index (Phi) is 8.72. The Morgan fingerprint density at radius 2 is 1.71 bits per heavy atom. The third-order valence-corrected chi connectivity index (χ3v) is 6.44. The smallest absolute Gasteiger partial charge is 0.275 e. The first-order valence-corrected chi connectivity index (χ1v) is 12.4. The molecule has 1 atom stereocenters. The third-order valence-electron chi connectivity index (χ3n) is 6.44. The molecule has 0 saturated carbocycles. The number of hydrogen-bond acceptors (Lipinski definition) is 8. The number of aliphatic hydroxyl groups is 1. The fraction of sp³-hybridized carbons (Fsp3) is 0.600. The van der Waals surface area contributed by atoms with E-state index in [-0.39, 0.29) is 17.8 Å². The second-order valence-electron chi connectivity index (χ2n) is 9.49. The number of oxazole rings is 1. The number of aliphatic hydroxyl groups excluding tert-OH is 1. The lowest BCUT2D eigenvalue weighted by Crippen LogP contribution is -2.49. The number of amides is 1. The molecule has 2 aromatic rings. The molecule has 1 amide bonds. The van der Waals surface area contributed by atoms with Crippen LogP contribution in [0.15, 0.2) is 34.9 Å². The van der Waals surface area contributed by atoms with Crippen molar-refractivity contribution in [2.75, 3.05) is 70.4 Å². The van der Waals surface area contributed by atoms with E-state index in [1.54, 1.807) is 17.0 Å². The monoisotopic (exact) mass is 489 g/mol. The van der Waals surface area contributed by atoms with Gasteiger partial charge in [-0.15, -0.1) is 0 Å². The van der Waals surface area contributed by atoms with Crippen molar-refractivity contribution >= 4 is 11.6 Å². The molecule has 2 aliphatic heterocycles. The summed E-state index contributed by atoms with van der Waals surface area (Å²) in [5, 5.41) is 10.1. The number of benzene rings is 1. The van der Waals surface area contributed by atoms with Gasteiger partial charge in [-0.05, 0) is 38.1 Å². The van der Waals surface area contributed by atoms with Crippen LogP contribution < -0.4 is 4.90 Å². The number of ether oxygens (including phenoxy) is 1. The van der Waals surface area contributed by atoms with Crippen LogP contribution in [-0.2, 0) is 11.3 Å². The minimum Gasteiger partial charge on any atom is -0.447 e. The van der Waals surface area contributed by atoms with Gasteiger partial charge in [-0.25, -0.2) is 9.37 Å². The van der Waals surface area contributed by atoms with Gasteiger partial charge in [0.1, 0.15) is 12.1 Å². The van der Waals surface area contributed by atoms with Gasteiger partial charge >= 0.3 is 0 Å². The van der Waals surface area contributed by atoms with Gasteiger partial charge in [0, 0.05) is 64.6 Å². The van der Waals surface area contributed by atoms with Crippen molar-refractivity contribution in [3.63, 3.8) is 0 Å². The summed E-state index contributed by atoms with van der Waals surface area (Å²) < 4.78 is 24.3. The van der Waals surface area contributed by atoms with Crippen LogP contribution in [0.1, 0.15) is 30.2 Å². The van der Waals surface area contributed by atoms with Gasteiger partial charge in [0.05, 0.1) is 25.4 Å². The number of hydrogen-bond donors (Lipinski definition) is 1. The number of halogens is 1. The van der Waals surface area contributed by atoms with Gasteiger partial charge in [0.15, 0.2) is 5.69 Å². The number of aromatic nitrogens is 1. The highest BCUT2D eigenvalue weighted by Crippen LogP contribution is 2.18. The maximum atomic E-state index is 13.2. The van der Waals surface area contributed by atoms with Gasteiger partial charge in [-0.3, -0.25) is 14.6 Å². The Hall–Kier alpha value is -2.53. The molecule has 0 radical (unpaired) electrons. The number of carbonyl (C=O) groups excluding carboxylic acids is 1. The summed E-state index contributed by atoms with van der Waals surface area (Å²) in [6, 6.07) is 6.44. The van der Waals surface area contributed by atoms with Gasteiger partial charge in [0.2, 0.25) is 5.89 Å². The summed E-state index contributed by atoms with van der Waals surface area (Å²) in [7, 11) is 0. The summed E-state index contributed by atoms with van der Waals surface area (Å²) in [6.07, 6.45) is 1.08. The first-order valence-electron chi connectivity index (χ1n) is 12.4. The summed E-state index contributed by atoms with van der Waals surface area (Å²) in [4.78, 5) is 25.8. The SMILES string of the molecule is CC(C)OCC(O)CN1CCN(Cc2nc(C(=O)N3CCN(c4ccc(F)cc4)CC3)co2)CC1. The first kappa shape index (κ1) is 25.6. The molecule has 0 bridgehead atoms. The standard InChI is InChI=1S/C25H36FN5O4/c1-19(2)34-17-22(32)15-28-7-9-29(10-8-28)16-24-27-23(18-35-24)25(33)31-13-11-30(12-14-31)21-5-3-20(26)4-6-21/h3-6,18-19,22,32H,7-17H2,1-2H3. The van der Waals surface area contributed by atoms with Crippen LogP contribution in [0.4, 0.5) is 10.1 Å². The molecule has 1 unspecified atom stereocenters. The number of carbonyl (C=O) groups is 1. The molecule has 4 rings (SSSR count). The molecule has 10 heteroatoms. The number of piperazine rings is 2. The lowest BCUT2D eigenvalue weighted by atomic mass is 10.2. The van der Waals surface area contributed by atoms with Crippen LogP contribution in [0.2, 0.25) is 0 Å². The average molecular weight is 490 g/mol. The molecule has 1 aromatic heterocycles. The van der Waals surface area contributed by atoms with E-state index in [4.69, 9.17) is 9.15 Å². The van der Waals surface area contributed by atoms with E-state index in [2.05, 4.69) is 19.7 Å². The zero-order chi connectivity index (χ0) is 24.8. The average Bonchev–Trinajstić information content (AvgIpc) is 3.32. The second-order valence-corrected chi connectivity index (χ2v) is 9.49. The third kappa shape index (κ3) is 7.23. The van der Waals surface area contributed by atoms with E-state index >= 15 is 0 Å². The van der Waals surface area contributed by atoms with E-state index in [0.29, 0.717) is 57.5 Å². The lowest BCUT2D eigenvalue weighted by Gasteiger charge is -2.35. The number of anilines is 1. The molecule has 1 N–H and O–H groups in total. The van der Waals surface area contributed by atoms with Gasteiger partial charge < -0.3 is 24.1 Å². The van der Waals surface area contributed by atoms with Crippen LogP contribution in [0.3, 0.4) is 0 Å². The van der Waals surface area contributed by atoms with Gasteiger partial charge in [0.25, 0.3) is 5.91 Å². The molecule has 35 heavy (non-hydrogen) atoms. The van der Waals surface area contributed by atoms with Crippen molar-refractivity contribution in [2.45, 2.75) is 32.6 Å². The first-order chi connectivity index (χ1) is 16.9. The largest absolute Gasteiger partial charge is 0.447 e. The normalized spacial score (nSPS) is 18.9. The molecule has 9 nitrogen and oxygen atoms in total. The molecule has 0 spiro atoms. The minimum atomic E-state index is -0.484. The van der Waals surface area contributed by atoms with E-state index in [1.165, 1.54) is 18.4 Å². The van der Waals surface area contributed by atoms with E-state index in [9.17, 15) is 14.3 Å².